The van der Waals surface area contributed by atoms with Crippen LogP contribution in [0.2, 0.25) is 0 Å². The fourth-order valence-corrected chi connectivity index (χ4v) is 2.09. The van der Waals surface area contributed by atoms with E-state index in [1.165, 1.54) is 13.0 Å². The molecule has 4 nitrogen and oxygen atoms in total. The molecule has 4 heteroatoms. The summed E-state index contributed by atoms with van der Waals surface area (Å²) in [5.41, 5.74) is 5.63. The summed E-state index contributed by atoms with van der Waals surface area (Å²) in [7, 11) is 0. The molecule has 0 aromatic heterocycles. The molecule has 15 heavy (non-hydrogen) atoms. The van der Waals surface area contributed by atoms with E-state index >= 15 is 0 Å². The molecule has 90 valence electrons. The zero-order chi connectivity index (χ0) is 11.1. The first-order valence-corrected chi connectivity index (χ1v) is 6.02. The first kappa shape index (κ1) is 12.9. The van der Waals surface area contributed by atoms with Crippen LogP contribution in [0.4, 0.5) is 0 Å². The molecule has 0 saturated carbocycles. The minimum absolute atomic E-state index is 0.277. The van der Waals surface area contributed by atoms with Gasteiger partial charge in [-0.1, -0.05) is 6.92 Å². The Bertz CT molecular complexity index is 166. The normalized spacial score (nSPS) is 22.6. The maximum absolute atomic E-state index is 8.89. The van der Waals surface area contributed by atoms with Crippen molar-refractivity contribution < 1.29 is 5.11 Å². The molecule has 0 aromatic rings. The van der Waals surface area contributed by atoms with Crippen LogP contribution >= 0.6 is 0 Å². The fourth-order valence-electron chi connectivity index (χ4n) is 2.09. The Balaban J connectivity index is 2.26. The van der Waals surface area contributed by atoms with Crippen molar-refractivity contribution in [3.8, 4) is 0 Å². The van der Waals surface area contributed by atoms with E-state index in [0.717, 1.165) is 39.3 Å². The van der Waals surface area contributed by atoms with Crippen LogP contribution in [0.15, 0.2) is 0 Å². The number of nitrogens with zero attached hydrogens (tertiary/aromatic N) is 2. The Morgan fingerprint density at radius 1 is 1.20 bits per heavy atom. The summed E-state index contributed by atoms with van der Waals surface area (Å²) in [5.74, 6) is 0.592. The van der Waals surface area contributed by atoms with Gasteiger partial charge in [-0.05, 0) is 32.0 Å². The van der Waals surface area contributed by atoms with Crippen LogP contribution in [0.1, 0.15) is 13.3 Å². The van der Waals surface area contributed by atoms with Crippen LogP contribution in [0.25, 0.3) is 0 Å². The van der Waals surface area contributed by atoms with Gasteiger partial charge in [0, 0.05) is 26.2 Å². The van der Waals surface area contributed by atoms with Crippen molar-refractivity contribution in [3.05, 3.63) is 0 Å². The second kappa shape index (κ2) is 7.17. The first-order valence-electron chi connectivity index (χ1n) is 6.02. The van der Waals surface area contributed by atoms with Crippen LogP contribution in [-0.4, -0.2) is 67.3 Å². The van der Waals surface area contributed by atoms with E-state index < -0.39 is 0 Å². The summed E-state index contributed by atoms with van der Waals surface area (Å²) in [6.07, 6.45) is 1.21. The molecule has 1 aliphatic rings. The minimum Gasteiger partial charge on any atom is -0.395 e. The van der Waals surface area contributed by atoms with Crippen LogP contribution in [0, 0.1) is 5.92 Å². The molecule has 0 spiro atoms. The highest BCUT2D eigenvalue weighted by Gasteiger charge is 2.15. The van der Waals surface area contributed by atoms with Crippen LogP contribution in [0.3, 0.4) is 0 Å². The Morgan fingerprint density at radius 3 is 2.53 bits per heavy atom. The number of aliphatic hydroxyl groups excluding tert-OH is 1. The van der Waals surface area contributed by atoms with Crippen LogP contribution in [-0.2, 0) is 0 Å². The minimum atomic E-state index is 0.277. The molecule has 1 atom stereocenters. The molecule has 0 amide bonds. The third-order valence-corrected chi connectivity index (χ3v) is 3.07. The predicted octanol–water partition coefficient (Wildman–Crippen LogP) is -0.419. The Labute approximate surface area is 93.0 Å². The number of nitrogens with two attached hydrogens (primary N) is 1. The van der Waals surface area contributed by atoms with E-state index in [-0.39, 0.29) is 6.61 Å². The third-order valence-electron chi connectivity index (χ3n) is 3.07. The Hall–Kier alpha value is -0.160. The first-order chi connectivity index (χ1) is 7.26. The Kier molecular flexibility index (Phi) is 6.17. The summed E-state index contributed by atoms with van der Waals surface area (Å²) in [5, 5.41) is 8.89. The summed E-state index contributed by atoms with van der Waals surface area (Å²) in [6.45, 7) is 9.68. The predicted molar refractivity (Wildman–Crippen MR) is 62.8 cm³/mol. The highest BCUT2D eigenvalue weighted by Crippen LogP contribution is 2.05. The van der Waals surface area contributed by atoms with Gasteiger partial charge in [0.25, 0.3) is 0 Å². The van der Waals surface area contributed by atoms with Crippen molar-refractivity contribution in [1.29, 1.82) is 0 Å². The lowest BCUT2D eigenvalue weighted by Crippen LogP contribution is -2.35. The number of hydrogen-bond acceptors (Lipinski definition) is 4. The van der Waals surface area contributed by atoms with E-state index in [9.17, 15) is 0 Å². The van der Waals surface area contributed by atoms with Gasteiger partial charge in [0.1, 0.15) is 0 Å². The van der Waals surface area contributed by atoms with Gasteiger partial charge in [0.15, 0.2) is 0 Å². The molecule has 1 rings (SSSR count). The van der Waals surface area contributed by atoms with Crippen molar-refractivity contribution >= 4 is 0 Å². The van der Waals surface area contributed by atoms with Gasteiger partial charge in [-0.15, -0.1) is 0 Å². The van der Waals surface area contributed by atoms with Crippen LogP contribution < -0.4 is 5.73 Å². The summed E-state index contributed by atoms with van der Waals surface area (Å²) in [6, 6.07) is 0. The largest absolute Gasteiger partial charge is 0.395 e. The number of hydrogen-bond donors (Lipinski definition) is 2. The molecular formula is C11H25N3O. The smallest absolute Gasteiger partial charge is 0.0558 e. The number of β-amino-alcohol motifs (C(OH)–C–C–N with tert-alkyl or cyclic N) is 1. The lowest BCUT2D eigenvalue weighted by atomic mass is 10.1. The standard InChI is InChI=1S/C11H25N3O/c1-11(9-12)10-14-4-2-3-13(5-6-14)7-8-15/h11,15H,2-10,12H2,1H3. The van der Waals surface area contributed by atoms with Gasteiger partial charge < -0.3 is 15.7 Å². The maximum Gasteiger partial charge on any atom is 0.0558 e. The molecule has 0 aliphatic carbocycles. The topological polar surface area (TPSA) is 52.7 Å². The van der Waals surface area contributed by atoms with Crippen molar-refractivity contribution in [2.24, 2.45) is 11.7 Å². The van der Waals surface area contributed by atoms with Crippen molar-refractivity contribution in [2.45, 2.75) is 13.3 Å². The quantitative estimate of drug-likeness (QED) is 0.654. The van der Waals surface area contributed by atoms with Gasteiger partial charge in [0.05, 0.1) is 6.61 Å². The lowest BCUT2D eigenvalue weighted by Gasteiger charge is -2.23. The van der Waals surface area contributed by atoms with Crippen molar-refractivity contribution in [1.82, 2.24) is 9.80 Å². The molecule has 1 heterocycles. The van der Waals surface area contributed by atoms with Gasteiger partial charge >= 0.3 is 0 Å². The van der Waals surface area contributed by atoms with Crippen LogP contribution in [0.5, 0.6) is 0 Å². The van der Waals surface area contributed by atoms with E-state index in [0.29, 0.717) is 5.92 Å². The molecule has 0 aromatic carbocycles. The molecular weight excluding hydrogens is 190 g/mol. The zero-order valence-electron chi connectivity index (χ0n) is 9.86. The van der Waals surface area contributed by atoms with E-state index in [1.807, 2.05) is 0 Å². The summed E-state index contributed by atoms with van der Waals surface area (Å²) < 4.78 is 0. The van der Waals surface area contributed by atoms with Crippen molar-refractivity contribution in [2.75, 3.05) is 52.4 Å². The van der Waals surface area contributed by atoms with E-state index in [4.69, 9.17) is 10.8 Å². The molecule has 1 aliphatic heterocycles. The highest BCUT2D eigenvalue weighted by molar-refractivity contribution is 4.71. The van der Waals surface area contributed by atoms with Crippen molar-refractivity contribution in [3.63, 3.8) is 0 Å². The lowest BCUT2D eigenvalue weighted by molar-refractivity contribution is 0.193. The summed E-state index contributed by atoms with van der Waals surface area (Å²) >= 11 is 0. The number of aliphatic hydroxyl groups is 1. The SMILES string of the molecule is CC(CN)CN1CCCN(CCO)CC1. The van der Waals surface area contributed by atoms with Gasteiger partial charge in [-0.3, -0.25) is 4.90 Å². The molecule has 1 fully saturated rings. The average Bonchev–Trinajstić information content (AvgIpc) is 2.45. The molecule has 3 N–H and O–H groups in total. The zero-order valence-corrected chi connectivity index (χ0v) is 9.86. The second-order valence-corrected chi connectivity index (χ2v) is 4.56. The molecule has 0 radical (unpaired) electrons. The molecule has 0 bridgehead atoms. The third kappa shape index (κ3) is 4.93. The average molecular weight is 215 g/mol. The van der Waals surface area contributed by atoms with E-state index in [1.54, 1.807) is 0 Å². The second-order valence-electron chi connectivity index (χ2n) is 4.56. The van der Waals surface area contributed by atoms with E-state index in [2.05, 4.69) is 16.7 Å². The monoisotopic (exact) mass is 215 g/mol. The van der Waals surface area contributed by atoms with Gasteiger partial charge in [-0.2, -0.15) is 0 Å². The number of rotatable bonds is 5. The fraction of sp³-hybridized carbons (Fsp3) is 1.00. The van der Waals surface area contributed by atoms with Gasteiger partial charge in [-0.25, -0.2) is 0 Å². The van der Waals surface area contributed by atoms with Gasteiger partial charge in [0.2, 0.25) is 0 Å². The maximum atomic E-state index is 8.89. The highest BCUT2D eigenvalue weighted by atomic mass is 16.3. The molecule has 1 saturated heterocycles. The molecule has 1 unspecified atom stereocenters. The summed E-state index contributed by atoms with van der Waals surface area (Å²) in [4.78, 5) is 4.84. The Morgan fingerprint density at radius 2 is 1.87 bits per heavy atom.